The van der Waals surface area contributed by atoms with Gasteiger partial charge in [-0.3, -0.25) is 9.48 Å². The van der Waals surface area contributed by atoms with Gasteiger partial charge in [0, 0.05) is 19.2 Å². The molecule has 1 aromatic carbocycles. The minimum atomic E-state index is -0.285. The molecule has 0 aliphatic carbocycles. The Hall–Kier alpha value is -2.34. The van der Waals surface area contributed by atoms with Gasteiger partial charge in [0.2, 0.25) is 0 Å². The van der Waals surface area contributed by atoms with E-state index in [2.05, 4.69) is 29.2 Å². The zero-order valence-corrected chi connectivity index (χ0v) is 14.8. The van der Waals surface area contributed by atoms with Crippen LogP contribution < -0.4 is 5.32 Å². The van der Waals surface area contributed by atoms with Crippen LogP contribution in [0.1, 0.15) is 35.8 Å². The molecule has 1 N–H and O–H groups in total. The molecule has 1 amide bonds. The molecule has 0 spiro atoms. The minimum absolute atomic E-state index is 0.285. The summed E-state index contributed by atoms with van der Waals surface area (Å²) in [7, 11) is 0. The van der Waals surface area contributed by atoms with E-state index in [0.717, 1.165) is 0 Å². The van der Waals surface area contributed by atoms with E-state index in [-0.39, 0.29) is 5.91 Å². The van der Waals surface area contributed by atoms with Gasteiger partial charge in [0.05, 0.1) is 11.3 Å². The lowest BCUT2D eigenvalue weighted by Gasteiger charge is -2.07. The van der Waals surface area contributed by atoms with E-state index in [1.165, 1.54) is 0 Å². The Balaban J connectivity index is 1.87. The van der Waals surface area contributed by atoms with Crippen molar-refractivity contribution in [2.45, 2.75) is 34.2 Å². The lowest BCUT2D eigenvalue weighted by atomic mass is 10.2. The van der Waals surface area contributed by atoms with Gasteiger partial charge in [0.1, 0.15) is 10.7 Å². The number of hydrogen-bond donors (Lipinski definition) is 1. The van der Waals surface area contributed by atoms with Crippen LogP contribution in [0.3, 0.4) is 0 Å². The third-order valence-electron chi connectivity index (χ3n) is 3.58. The average Bonchev–Trinajstić information content (AvgIpc) is 2.97. The Bertz CT molecular complexity index is 911. The standard InChI is InChI=1S/C17H19ClN4O2/c1-9(2)8-22-16(18)15(10(3)21-22)17(23)20-12-5-6-14-13(7-12)19-11(4)24-14/h5-7,9H,8H2,1-4H3,(H,20,23). The smallest absolute Gasteiger partial charge is 0.260 e. The maximum absolute atomic E-state index is 12.6. The number of aryl methyl sites for hydroxylation is 2. The minimum Gasteiger partial charge on any atom is -0.441 e. The summed E-state index contributed by atoms with van der Waals surface area (Å²) < 4.78 is 7.10. The molecule has 3 rings (SSSR count). The number of hydrogen-bond acceptors (Lipinski definition) is 4. The Morgan fingerprint density at radius 1 is 1.38 bits per heavy atom. The van der Waals surface area contributed by atoms with Gasteiger partial charge in [0.25, 0.3) is 5.91 Å². The van der Waals surface area contributed by atoms with Crippen LogP contribution in [0.15, 0.2) is 22.6 Å². The molecule has 24 heavy (non-hydrogen) atoms. The summed E-state index contributed by atoms with van der Waals surface area (Å²) in [5.74, 6) is 0.685. The van der Waals surface area contributed by atoms with Crippen molar-refractivity contribution in [1.29, 1.82) is 0 Å². The molecule has 0 unspecified atom stereocenters. The first kappa shape index (κ1) is 16.5. The topological polar surface area (TPSA) is 73.0 Å². The van der Waals surface area contributed by atoms with Gasteiger partial charge in [-0.25, -0.2) is 4.98 Å². The normalized spacial score (nSPS) is 11.4. The highest BCUT2D eigenvalue weighted by Gasteiger charge is 2.21. The second-order valence-corrected chi connectivity index (χ2v) is 6.55. The number of oxazole rings is 1. The van der Waals surface area contributed by atoms with Crippen LogP contribution in [0.25, 0.3) is 11.1 Å². The lowest BCUT2D eigenvalue weighted by molar-refractivity contribution is 0.102. The van der Waals surface area contributed by atoms with Crippen LogP contribution in [-0.4, -0.2) is 20.7 Å². The summed E-state index contributed by atoms with van der Waals surface area (Å²) >= 11 is 6.35. The molecule has 7 heteroatoms. The molecule has 0 saturated heterocycles. The fourth-order valence-electron chi connectivity index (χ4n) is 2.59. The predicted molar refractivity (Wildman–Crippen MR) is 93.5 cm³/mol. The van der Waals surface area contributed by atoms with E-state index in [9.17, 15) is 4.79 Å². The summed E-state index contributed by atoms with van der Waals surface area (Å²) in [6.45, 7) is 8.37. The number of anilines is 1. The Morgan fingerprint density at radius 3 is 2.83 bits per heavy atom. The monoisotopic (exact) mass is 346 g/mol. The Labute approximate surface area is 144 Å². The zero-order chi connectivity index (χ0) is 17.4. The van der Waals surface area contributed by atoms with E-state index < -0.39 is 0 Å². The molecule has 2 aromatic heterocycles. The number of nitrogens with one attached hydrogen (secondary N) is 1. The van der Waals surface area contributed by atoms with Gasteiger partial charge in [-0.1, -0.05) is 25.4 Å². The first-order valence-electron chi connectivity index (χ1n) is 7.76. The van der Waals surface area contributed by atoms with Crippen molar-refractivity contribution in [3.63, 3.8) is 0 Å². The number of fused-ring (bicyclic) bond motifs is 1. The van der Waals surface area contributed by atoms with Crippen LogP contribution in [0, 0.1) is 19.8 Å². The van der Waals surface area contributed by atoms with Crippen molar-refractivity contribution >= 4 is 34.3 Å². The Kier molecular flexibility index (Phi) is 4.32. The van der Waals surface area contributed by atoms with Crippen molar-refractivity contribution in [3.8, 4) is 0 Å². The molecule has 126 valence electrons. The van der Waals surface area contributed by atoms with Crippen molar-refractivity contribution in [1.82, 2.24) is 14.8 Å². The number of carbonyl (C=O) groups excluding carboxylic acids is 1. The van der Waals surface area contributed by atoms with Crippen LogP contribution in [0.4, 0.5) is 5.69 Å². The average molecular weight is 347 g/mol. The fourth-order valence-corrected chi connectivity index (χ4v) is 2.92. The molecule has 0 aliphatic heterocycles. The second kappa shape index (κ2) is 6.28. The molecule has 0 saturated carbocycles. The van der Waals surface area contributed by atoms with Crippen molar-refractivity contribution in [2.75, 3.05) is 5.32 Å². The predicted octanol–water partition coefficient (Wildman–Crippen LogP) is 4.20. The Morgan fingerprint density at radius 2 is 2.12 bits per heavy atom. The number of carbonyl (C=O) groups is 1. The highest BCUT2D eigenvalue weighted by molar-refractivity contribution is 6.33. The number of nitrogens with zero attached hydrogens (tertiary/aromatic N) is 3. The maximum Gasteiger partial charge on any atom is 0.260 e. The van der Waals surface area contributed by atoms with Crippen LogP contribution >= 0.6 is 11.6 Å². The van der Waals surface area contributed by atoms with Gasteiger partial charge >= 0.3 is 0 Å². The molecule has 6 nitrogen and oxygen atoms in total. The summed E-state index contributed by atoms with van der Waals surface area (Å²) in [5, 5.41) is 7.57. The third kappa shape index (κ3) is 3.14. The summed E-state index contributed by atoms with van der Waals surface area (Å²) in [4.78, 5) is 16.9. The van der Waals surface area contributed by atoms with Crippen molar-refractivity contribution in [2.24, 2.45) is 5.92 Å². The van der Waals surface area contributed by atoms with Gasteiger partial charge in [-0.05, 0) is 31.0 Å². The van der Waals surface area contributed by atoms with Crippen LogP contribution in [0.5, 0.6) is 0 Å². The molecule has 0 atom stereocenters. The molecular weight excluding hydrogens is 328 g/mol. The maximum atomic E-state index is 12.6. The van der Waals surface area contributed by atoms with E-state index in [1.807, 2.05) is 0 Å². The second-order valence-electron chi connectivity index (χ2n) is 6.20. The lowest BCUT2D eigenvalue weighted by Crippen LogP contribution is -2.13. The first-order chi connectivity index (χ1) is 11.3. The highest BCUT2D eigenvalue weighted by Crippen LogP contribution is 2.24. The molecule has 3 aromatic rings. The zero-order valence-electron chi connectivity index (χ0n) is 14.1. The van der Waals surface area contributed by atoms with Crippen LogP contribution in [0.2, 0.25) is 5.15 Å². The van der Waals surface area contributed by atoms with Gasteiger partial charge < -0.3 is 9.73 Å². The van der Waals surface area contributed by atoms with E-state index in [0.29, 0.717) is 51.6 Å². The summed E-state index contributed by atoms with van der Waals surface area (Å²) in [6, 6.07) is 5.32. The van der Waals surface area contributed by atoms with Crippen molar-refractivity contribution in [3.05, 3.63) is 40.5 Å². The molecule has 2 heterocycles. The molecule has 0 bridgehead atoms. The number of halogens is 1. The number of amides is 1. The number of benzene rings is 1. The van der Waals surface area contributed by atoms with Gasteiger partial charge in [-0.15, -0.1) is 0 Å². The number of rotatable bonds is 4. The highest BCUT2D eigenvalue weighted by atomic mass is 35.5. The molecule has 0 fully saturated rings. The summed E-state index contributed by atoms with van der Waals surface area (Å²) in [5.41, 5.74) is 3.02. The number of aromatic nitrogens is 3. The largest absolute Gasteiger partial charge is 0.441 e. The van der Waals surface area contributed by atoms with Crippen LogP contribution in [-0.2, 0) is 6.54 Å². The third-order valence-corrected chi connectivity index (χ3v) is 3.97. The van der Waals surface area contributed by atoms with Gasteiger partial charge in [0.15, 0.2) is 11.5 Å². The molecule has 0 radical (unpaired) electrons. The molecule has 0 aliphatic rings. The van der Waals surface area contributed by atoms with Gasteiger partial charge in [-0.2, -0.15) is 5.10 Å². The van der Waals surface area contributed by atoms with E-state index in [4.69, 9.17) is 16.0 Å². The quantitative estimate of drug-likeness (QED) is 0.768. The molecular formula is C17H19ClN4O2. The van der Waals surface area contributed by atoms with Crippen molar-refractivity contribution < 1.29 is 9.21 Å². The van der Waals surface area contributed by atoms with E-state index >= 15 is 0 Å². The van der Waals surface area contributed by atoms with E-state index in [1.54, 1.807) is 36.7 Å². The summed E-state index contributed by atoms with van der Waals surface area (Å²) in [6.07, 6.45) is 0. The SMILES string of the molecule is Cc1nc2cc(NC(=O)c3c(C)nn(CC(C)C)c3Cl)ccc2o1. The fraction of sp³-hybridized carbons (Fsp3) is 0.353. The first-order valence-corrected chi connectivity index (χ1v) is 8.14.